The summed E-state index contributed by atoms with van der Waals surface area (Å²) in [7, 11) is 1.66. The second kappa shape index (κ2) is 12.3. The second-order valence-electron chi connectivity index (χ2n) is 8.09. The number of nitrogens with zero attached hydrogens (tertiary/aromatic N) is 2. The lowest BCUT2D eigenvalue weighted by molar-refractivity contribution is -0.145. The summed E-state index contributed by atoms with van der Waals surface area (Å²) in [5.41, 5.74) is 1.85. The van der Waals surface area contributed by atoms with Gasteiger partial charge in [0.2, 0.25) is 0 Å². The van der Waals surface area contributed by atoms with Gasteiger partial charge in [0.25, 0.3) is 6.47 Å². The van der Waals surface area contributed by atoms with Crippen molar-refractivity contribution in [1.82, 2.24) is 9.88 Å². The fourth-order valence-corrected chi connectivity index (χ4v) is 4.44. The standard InChI is InChI=1S/C20H24N2O2.C3H6O3.CH2O2/c1-3-13-12-22-9-7-14(13)10-19(22)20(23)16-6-8-21-18-5-4-15(24-2)11-17(16)18;1-2(4)3(5)6;2-1-3/h3-6,8,11,13-14,19-20,23H,1,7,9-10,12H2,2H3;2,4H,1H3,(H,5,6);1H,(H,2,3). The summed E-state index contributed by atoms with van der Waals surface area (Å²) in [6.45, 7) is 7.02. The number of methoxy groups -OCH3 is 1. The molecule has 33 heavy (non-hydrogen) atoms. The Balaban J connectivity index is 0.000000369. The molecule has 6 atom stereocenters. The molecule has 9 heteroatoms. The highest BCUT2D eigenvalue weighted by atomic mass is 16.5. The second-order valence-corrected chi connectivity index (χ2v) is 8.09. The van der Waals surface area contributed by atoms with Gasteiger partial charge < -0.3 is 25.2 Å². The monoisotopic (exact) mass is 460 g/mol. The van der Waals surface area contributed by atoms with Gasteiger partial charge in [0.15, 0.2) is 0 Å². The maximum absolute atomic E-state index is 11.2. The predicted octanol–water partition coefficient (Wildman–Crippen LogP) is 2.33. The Hall–Kier alpha value is -3.01. The van der Waals surface area contributed by atoms with Gasteiger partial charge in [0.1, 0.15) is 11.9 Å². The molecule has 9 nitrogen and oxygen atoms in total. The average Bonchev–Trinajstić information content (AvgIpc) is 2.83. The van der Waals surface area contributed by atoms with E-state index < -0.39 is 18.2 Å². The molecule has 1 aromatic heterocycles. The number of fused-ring (bicyclic) bond motifs is 4. The lowest BCUT2D eigenvalue weighted by Crippen LogP contribution is -2.54. The minimum atomic E-state index is -1.23. The van der Waals surface area contributed by atoms with Gasteiger partial charge >= 0.3 is 5.97 Å². The molecule has 3 fully saturated rings. The molecule has 0 aliphatic carbocycles. The number of carbonyl (C=O) groups is 2. The number of hydrogen-bond acceptors (Lipinski definition) is 7. The van der Waals surface area contributed by atoms with E-state index in [0.29, 0.717) is 11.8 Å². The summed E-state index contributed by atoms with van der Waals surface area (Å²) < 4.78 is 5.35. The Bertz CT molecular complexity index is 950. The first-order chi connectivity index (χ1) is 15.8. The van der Waals surface area contributed by atoms with E-state index in [1.54, 1.807) is 13.3 Å². The lowest BCUT2D eigenvalue weighted by Gasteiger charge is -2.50. The van der Waals surface area contributed by atoms with Crippen LogP contribution in [0.2, 0.25) is 0 Å². The zero-order valence-electron chi connectivity index (χ0n) is 18.9. The van der Waals surface area contributed by atoms with E-state index in [-0.39, 0.29) is 12.5 Å². The molecule has 4 N–H and O–H groups in total. The first kappa shape index (κ1) is 26.2. The molecule has 3 saturated heterocycles. The summed E-state index contributed by atoms with van der Waals surface area (Å²) in [4.78, 5) is 24.7. The quantitative estimate of drug-likeness (QED) is 0.391. The highest BCUT2D eigenvalue weighted by Crippen LogP contribution is 2.42. The molecular formula is C24H32N2O7. The van der Waals surface area contributed by atoms with Crippen LogP contribution in [0.25, 0.3) is 10.9 Å². The van der Waals surface area contributed by atoms with Gasteiger partial charge in [-0.3, -0.25) is 14.7 Å². The lowest BCUT2D eigenvalue weighted by atomic mass is 9.73. The number of aliphatic carboxylic acids is 1. The number of aromatic nitrogens is 1. The number of aliphatic hydroxyl groups excluding tert-OH is 2. The van der Waals surface area contributed by atoms with Crippen molar-refractivity contribution < 1.29 is 34.8 Å². The SMILES string of the molecule is C=CC1CN2CCC1CC2C(O)c1ccnc2ccc(OC)cc12.CC(O)C(=O)O.O=CO. The van der Waals surface area contributed by atoms with E-state index in [9.17, 15) is 9.90 Å². The van der Waals surface area contributed by atoms with Gasteiger partial charge in [-0.25, -0.2) is 4.79 Å². The Morgan fingerprint density at radius 1 is 1.33 bits per heavy atom. The molecule has 3 aliphatic heterocycles. The van der Waals surface area contributed by atoms with Crippen molar-refractivity contribution in [3.8, 4) is 5.75 Å². The van der Waals surface area contributed by atoms with Gasteiger partial charge in [-0.1, -0.05) is 6.08 Å². The molecule has 2 aromatic rings. The molecule has 0 amide bonds. The number of carboxylic acid groups (broad SMARTS) is 2. The van der Waals surface area contributed by atoms with Crippen LogP contribution in [0.15, 0.2) is 43.1 Å². The maximum atomic E-state index is 11.2. The van der Waals surface area contributed by atoms with Crippen LogP contribution in [0.3, 0.4) is 0 Å². The third-order valence-electron chi connectivity index (χ3n) is 6.18. The van der Waals surface area contributed by atoms with E-state index in [1.165, 1.54) is 13.3 Å². The molecule has 2 bridgehead atoms. The van der Waals surface area contributed by atoms with Crippen LogP contribution in [-0.2, 0) is 9.59 Å². The largest absolute Gasteiger partial charge is 0.497 e. The number of pyridine rings is 1. The normalized spacial score (nSPS) is 24.8. The Morgan fingerprint density at radius 3 is 2.52 bits per heavy atom. The summed E-state index contributed by atoms with van der Waals surface area (Å²) in [5, 5.41) is 34.8. The first-order valence-corrected chi connectivity index (χ1v) is 10.7. The Kier molecular flexibility index (Phi) is 9.77. The first-order valence-electron chi connectivity index (χ1n) is 10.7. The van der Waals surface area contributed by atoms with Crippen LogP contribution in [0, 0.1) is 11.8 Å². The van der Waals surface area contributed by atoms with E-state index in [1.807, 2.05) is 24.3 Å². The molecule has 5 rings (SSSR count). The molecule has 1 aromatic carbocycles. The molecule has 4 heterocycles. The third-order valence-corrected chi connectivity index (χ3v) is 6.18. The molecule has 0 radical (unpaired) electrons. The van der Waals surface area contributed by atoms with E-state index >= 15 is 0 Å². The van der Waals surface area contributed by atoms with Crippen molar-refractivity contribution in [2.75, 3.05) is 20.2 Å². The third kappa shape index (κ3) is 6.50. The Labute approximate surface area is 192 Å². The zero-order chi connectivity index (χ0) is 24.5. The molecule has 3 aliphatic rings. The summed E-state index contributed by atoms with van der Waals surface area (Å²) in [6, 6.07) is 7.96. The number of benzene rings is 1. The van der Waals surface area contributed by atoms with E-state index in [0.717, 1.165) is 41.7 Å². The average molecular weight is 461 g/mol. The minimum Gasteiger partial charge on any atom is -0.497 e. The number of hydrogen-bond donors (Lipinski definition) is 4. The fourth-order valence-electron chi connectivity index (χ4n) is 4.44. The number of aliphatic hydroxyl groups is 2. The van der Waals surface area contributed by atoms with Crippen molar-refractivity contribution in [2.24, 2.45) is 11.8 Å². The van der Waals surface area contributed by atoms with Crippen LogP contribution < -0.4 is 4.74 Å². The van der Waals surface area contributed by atoms with Crippen LogP contribution >= 0.6 is 0 Å². The number of carboxylic acids is 1. The van der Waals surface area contributed by atoms with Crippen LogP contribution in [-0.4, -0.2) is 75.1 Å². The number of rotatable bonds is 5. The number of piperidine rings is 3. The highest BCUT2D eigenvalue weighted by molar-refractivity contribution is 5.84. The maximum Gasteiger partial charge on any atom is 0.332 e. The molecular weight excluding hydrogens is 428 g/mol. The fraction of sp³-hybridized carbons (Fsp3) is 0.458. The smallest absolute Gasteiger partial charge is 0.332 e. The summed E-state index contributed by atoms with van der Waals surface area (Å²) in [6.07, 6.45) is 4.39. The molecule has 180 valence electrons. The van der Waals surface area contributed by atoms with Gasteiger partial charge in [0.05, 0.1) is 18.7 Å². The predicted molar refractivity (Wildman–Crippen MR) is 123 cm³/mol. The summed E-state index contributed by atoms with van der Waals surface area (Å²) in [5.74, 6) is 0.822. The van der Waals surface area contributed by atoms with Gasteiger partial charge in [-0.2, -0.15) is 0 Å². The van der Waals surface area contributed by atoms with E-state index in [4.69, 9.17) is 24.9 Å². The van der Waals surface area contributed by atoms with Crippen LogP contribution in [0.5, 0.6) is 5.75 Å². The van der Waals surface area contributed by atoms with Gasteiger partial charge in [-0.05, 0) is 68.0 Å². The molecule has 6 unspecified atom stereocenters. The summed E-state index contributed by atoms with van der Waals surface area (Å²) >= 11 is 0. The van der Waals surface area contributed by atoms with Crippen molar-refractivity contribution >= 4 is 23.3 Å². The molecule has 0 spiro atoms. The Morgan fingerprint density at radius 2 is 2.00 bits per heavy atom. The van der Waals surface area contributed by atoms with E-state index in [2.05, 4.69) is 22.5 Å². The molecule has 0 saturated carbocycles. The van der Waals surface area contributed by atoms with Crippen molar-refractivity contribution in [3.63, 3.8) is 0 Å². The van der Waals surface area contributed by atoms with Crippen molar-refractivity contribution in [2.45, 2.75) is 38.0 Å². The number of ether oxygens (including phenoxy) is 1. The van der Waals surface area contributed by atoms with Crippen molar-refractivity contribution in [1.29, 1.82) is 0 Å². The zero-order valence-corrected chi connectivity index (χ0v) is 18.9. The topological polar surface area (TPSA) is 140 Å². The van der Waals surface area contributed by atoms with Crippen LogP contribution in [0.4, 0.5) is 0 Å². The highest BCUT2D eigenvalue weighted by Gasteiger charge is 2.42. The van der Waals surface area contributed by atoms with Crippen LogP contribution in [0.1, 0.15) is 31.4 Å². The van der Waals surface area contributed by atoms with Gasteiger partial charge in [0, 0.05) is 24.2 Å². The van der Waals surface area contributed by atoms with Crippen molar-refractivity contribution in [3.05, 3.63) is 48.7 Å². The minimum absolute atomic E-state index is 0.178. The van der Waals surface area contributed by atoms with Gasteiger partial charge in [-0.15, -0.1) is 6.58 Å².